The Bertz CT molecular complexity index is 803. The van der Waals surface area contributed by atoms with Gasteiger partial charge in [0, 0.05) is 23.1 Å². The summed E-state index contributed by atoms with van der Waals surface area (Å²) in [6.45, 7) is 6.41. The Labute approximate surface area is 170 Å². The molecule has 1 atom stereocenters. The molecule has 0 aliphatic carbocycles. The van der Waals surface area contributed by atoms with Gasteiger partial charge in [0.15, 0.2) is 0 Å². The molecule has 27 heavy (non-hydrogen) atoms. The first-order valence-electron chi connectivity index (χ1n) is 8.89. The maximum atomic E-state index is 13.1. The molecule has 0 aromatic heterocycles. The highest BCUT2D eigenvalue weighted by Crippen LogP contribution is 2.26. The van der Waals surface area contributed by atoms with E-state index in [0.717, 1.165) is 11.1 Å². The maximum Gasteiger partial charge on any atom is 0.242 e. The number of nitrogens with zero attached hydrogens (tertiary/aromatic N) is 1. The van der Waals surface area contributed by atoms with Gasteiger partial charge in [0.1, 0.15) is 6.04 Å². The number of aryl methyl sites for hydroxylation is 1. The first-order chi connectivity index (χ1) is 12.8. The van der Waals surface area contributed by atoms with Gasteiger partial charge >= 0.3 is 0 Å². The molecule has 0 saturated heterocycles. The number of carbonyl (C=O) groups is 2. The number of carbonyl (C=O) groups excluding carboxylic acids is 2. The van der Waals surface area contributed by atoms with Gasteiger partial charge in [-0.15, -0.1) is 0 Å². The quantitative estimate of drug-likeness (QED) is 0.740. The van der Waals surface area contributed by atoms with Crippen LogP contribution in [0.4, 0.5) is 0 Å². The highest BCUT2D eigenvalue weighted by molar-refractivity contribution is 6.36. The molecule has 6 heteroatoms. The third-order valence-electron chi connectivity index (χ3n) is 4.34. The van der Waals surface area contributed by atoms with E-state index in [2.05, 4.69) is 5.32 Å². The lowest BCUT2D eigenvalue weighted by Gasteiger charge is -2.29. The minimum Gasteiger partial charge on any atom is -0.355 e. The van der Waals surface area contributed by atoms with E-state index in [9.17, 15) is 9.59 Å². The van der Waals surface area contributed by atoms with Crippen molar-refractivity contribution in [1.82, 2.24) is 10.2 Å². The molecule has 0 fully saturated rings. The van der Waals surface area contributed by atoms with Gasteiger partial charge in [0.2, 0.25) is 11.8 Å². The van der Waals surface area contributed by atoms with Crippen LogP contribution in [0.15, 0.2) is 42.5 Å². The van der Waals surface area contributed by atoms with E-state index in [1.807, 2.05) is 38.1 Å². The molecule has 2 aromatic rings. The molecule has 2 amide bonds. The van der Waals surface area contributed by atoms with Crippen molar-refractivity contribution < 1.29 is 9.59 Å². The number of rotatable bonds is 7. The van der Waals surface area contributed by atoms with E-state index in [1.54, 1.807) is 30.0 Å². The van der Waals surface area contributed by atoms with Crippen LogP contribution in [0.25, 0.3) is 0 Å². The van der Waals surface area contributed by atoms with Crippen molar-refractivity contribution in [2.24, 2.45) is 0 Å². The molecule has 0 aliphatic heterocycles. The van der Waals surface area contributed by atoms with Crippen LogP contribution in [0.5, 0.6) is 0 Å². The summed E-state index contributed by atoms with van der Waals surface area (Å²) >= 11 is 12.4. The molecule has 0 bridgehead atoms. The van der Waals surface area contributed by atoms with Crippen LogP contribution in [-0.2, 0) is 22.6 Å². The molecule has 0 heterocycles. The number of hydrogen-bond donors (Lipinski definition) is 1. The molecule has 2 rings (SSSR count). The predicted molar refractivity (Wildman–Crippen MR) is 110 cm³/mol. The Balaban J connectivity index is 2.30. The van der Waals surface area contributed by atoms with E-state index in [-0.39, 0.29) is 18.2 Å². The molecule has 2 aromatic carbocycles. The average Bonchev–Trinajstić information content (AvgIpc) is 2.62. The summed E-state index contributed by atoms with van der Waals surface area (Å²) in [5.74, 6) is -0.394. The Hall–Kier alpha value is -2.04. The Morgan fingerprint density at radius 1 is 1.11 bits per heavy atom. The minimum absolute atomic E-state index is 0.0358. The third-order valence-corrected chi connectivity index (χ3v) is 5.05. The SMILES string of the molecule is CCNC(=O)[C@H](C)N(Cc1cccc(C)c1)C(=O)Cc1c(Cl)cccc1Cl. The van der Waals surface area contributed by atoms with Crippen LogP contribution >= 0.6 is 23.2 Å². The first-order valence-corrected chi connectivity index (χ1v) is 9.64. The predicted octanol–water partition coefficient (Wildman–Crippen LogP) is 4.40. The van der Waals surface area contributed by atoms with Crippen LogP contribution in [0.3, 0.4) is 0 Å². The van der Waals surface area contributed by atoms with Crippen molar-refractivity contribution in [2.45, 2.75) is 39.8 Å². The zero-order valence-corrected chi connectivity index (χ0v) is 17.3. The van der Waals surface area contributed by atoms with Gasteiger partial charge in [-0.3, -0.25) is 9.59 Å². The fourth-order valence-corrected chi connectivity index (χ4v) is 3.40. The van der Waals surface area contributed by atoms with Gasteiger partial charge in [0.05, 0.1) is 6.42 Å². The summed E-state index contributed by atoms with van der Waals surface area (Å²) in [7, 11) is 0. The molecule has 0 aliphatic rings. The highest BCUT2D eigenvalue weighted by atomic mass is 35.5. The fourth-order valence-electron chi connectivity index (χ4n) is 2.87. The topological polar surface area (TPSA) is 49.4 Å². The molecular weight excluding hydrogens is 383 g/mol. The van der Waals surface area contributed by atoms with Gasteiger partial charge in [-0.25, -0.2) is 0 Å². The van der Waals surface area contributed by atoms with E-state index in [1.165, 1.54) is 0 Å². The number of amides is 2. The van der Waals surface area contributed by atoms with Crippen molar-refractivity contribution in [3.8, 4) is 0 Å². The summed E-state index contributed by atoms with van der Waals surface area (Å²) in [5, 5.41) is 3.66. The van der Waals surface area contributed by atoms with Crippen LogP contribution in [-0.4, -0.2) is 29.3 Å². The smallest absolute Gasteiger partial charge is 0.242 e. The molecule has 1 N–H and O–H groups in total. The van der Waals surface area contributed by atoms with Crippen molar-refractivity contribution in [1.29, 1.82) is 0 Å². The zero-order chi connectivity index (χ0) is 20.0. The third kappa shape index (κ3) is 5.72. The second-order valence-electron chi connectivity index (χ2n) is 6.46. The number of likely N-dealkylation sites (N-methyl/N-ethyl adjacent to an activating group) is 1. The molecule has 4 nitrogen and oxygen atoms in total. The van der Waals surface area contributed by atoms with Gasteiger partial charge < -0.3 is 10.2 Å². The van der Waals surface area contributed by atoms with E-state index in [4.69, 9.17) is 23.2 Å². The second kappa shape index (κ2) is 9.77. The Morgan fingerprint density at radius 3 is 2.33 bits per heavy atom. The largest absolute Gasteiger partial charge is 0.355 e. The van der Waals surface area contributed by atoms with E-state index >= 15 is 0 Å². The molecular formula is C21H24Cl2N2O2. The fraction of sp³-hybridized carbons (Fsp3) is 0.333. The number of hydrogen-bond acceptors (Lipinski definition) is 2. The second-order valence-corrected chi connectivity index (χ2v) is 7.27. The van der Waals surface area contributed by atoms with Gasteiger partial charge in [-0.05, 0) is 44.0 Å². The molecule has 0 radical (unpaired) electrons. The van der Waals surface area contributed by atoms with Gasteiger partial charge in [-0.1, -0.05) is 59.1 Å². The first kappa shape index (κ1) is 21.3. The van der Waals surface area contributed by atoms with Crippen molar-refractivity contribution >= 4 is 35.0 Å². The molecule has 144 valence electrons. The van der Waals surface area contributed by atoms with Crippen molar-refractivity contribution in [3.05, 3.63) is 69.2 Å². The molecule has 0 saturated carbocycles. The lowest BCUT2D eigenvalue weighted by molar-refractivity contribution is -0.140. The summed E-state index contributed by atoms with van der Waals surface area (Å²) in [4.78, 5) is 27.0. The van der Waals surface area contributed by atoms with Crippen molar-refractivity contribution in [2.75, 3.05) is 6.54 Å². The van der Waals surface area contributed by atoms with E-state index in [0.29, 0.717) is 28.7 Å². The summed E-state index contributed by atoms with van der Waals surface area (Å²) in [5.41, 5.74) is 2.63. The molecule has 0 unspecified atom stereocenters. The van der Waals surface area contributed by atoms with Crippen molar-refractivity contribution in [3.63, 3.8) is 0 Å². The van der Waals surface area contributed by atoms with Gasteiger partial charge in [0.25, 0.3) is 0 Å². The van der Waals surface area contributed by atoms with Gasteiger partial charge in [-0.2, -0.15) is 0 Å². The number of nitrogens with one attached hydrogen (secondary N) is 1. The average molecular weight is 407 g/mol. The minimum atomic E-state index is -0.612. The lowest BCUT2D eigenvalue weighted by atomic mass is 10.1. The number of halogens is 2. The normalized spacial score (nSPS) is 11.7. The molecule has 0 spiro atoms. The monoisotopic (exact) mass is 406 g/mol. The summed E-state index contributed by atoms with van der Waals surface area (Å²) in [6, 6.07) is 12.4. The summed E-state index contributed by atoms with van der Waals surface area (Å²) in [6.07, 6.45) is 0.0358. The van der Waals surface area contributed by atoms with E-state index < -0.39 is 6.04 Å². The Morgan fingerprint density at radius 2 is 1.74 bits per heavy atom. The van der Waals surface area contributed by atoms with Crippen LogP contribution < -0.4 is 5.32 Å². The van der Waals surface area contributed by atoms with Crippen LogP contribution in [0.1, 0.15) is 30.5 Å². The maximum absolute atomic E-state index is 13.1. The summed E-state index contributed by atoms with van der Waals surface area (Å²) < 4.78 is 0. The number of benzene rings is 2. The Kier molecular flexibility index (Phi) is 7.69. The van der Waals surface area contributed by atoms with Crippen LogP contribution in [0, 0.1) is 6.92 Å². The zero-order valence-electron chi connectivity index (χ0n) is 15.8. The van der Waals surface area contributed by atoms with Crippen LogP contribution in [0.2, 0.25) is 10.0 Å². The lowest BCUT2D eigenvalue weighted by Crippen LogP contribution is -2.48. The standard InChI is InChI=1S/C21H24Cl2N2O2/c1-4-24-21(27)15(3)25(13-16-8-5-7-14(2)11-16)20(26)12-17-18(22)9-6-10-19(17)23/h5-11,15H,4,12-13H2,1-3H3,(H,24,27)/t15-/m0/s1. The highest BCUT2D eigenvalue weighted by Gasteiger charge is 2.26.